The van der Waals surface area contributed by atoms with Gasteiger partial charge in [0, 0.05) is 22.7 Å². The number of rotatable bonds is 6. The van der Waals surface area contributed by atoms with Crippen molar-refractivity contribution < 1.29 is 0 Å². The van der Waals surface area contributed by atoms with E-state index in [1.807, 2.05) is 0 Å². The molecule has 2 aliphatic rings. The van der Waals surface area contributed by atoms with Crippen molar-refractivity contribution in [1.82, 2.24) is 0 Å². The lowest BCUT2D eigenvalue weighted by atomic mass is 9.69. The van der Waals surface area contributed by atoms with E-state index < -0.39 is 5.41 Å². The molecule has 59 heavy (non-hydrogen) atoms. The van der Waals surface area contributed by atoms with Gasteiger partial charge < -0.3 is 9.80 Å². The molecular formula is C57H38N2. The van der Waals surface area contributed by atoms with Crippen molar-refractivity contribution in [2.24, 2.45) is 0 Å². The van der Waals surface area contributed by atoms with Gasteiger partial charge in [-0.1, -0.05) is 170 Å². The first kappa shape index (κ1) is 33.5. The molecule has 10 aromatic carbocycles. The van der Waals surface area contributed by atoms with E-state index in [0.29, 0.717) is 0 Å². The van der Waals surface area contributed by atoms with Crippen LogP contribution in [0.5, 0.6) is 0 Å². The van der Waals surface area contributed by atoms with Gasteiger partial charge in [-0.15, -0.1) is 0 Å². The van der Waals surface area contributed by atoms with Gasteiger partial charge in [-0.2, -0.15) is 0 Å². The quantitative estimate of drug-likeness (QED) is 0.167. The highest BCUT2D eigenvalue weighted by Gasteiger charge is 2.52. The van der Waals surface area contributed by atoms with E-state index >= 15 is 0 Å². The number of para-hydroxylation sites is 3. The Labute approximate surface area is 344 Å². The molecule has 1 atom stereocenters. The summed E-state index contributed by atoms with van der Waals surface area (Å²) in [6.45, 7) is 0. The highest BCUT2D eigenvalue weighted by atomic mass is 15.2. The Hall–Kier alpha value is -7.68. The van der Waals surface area contributed by atoms with E-state index in [4.69, 9.17) is 0 Å². The molecular weight excluding hydrogens is 713 g/mol. The Balaban J connectivity index is 1.18. The standard InChI is InChI=1S/C57H38N2/c1-4-21-42(22-5-1)58(43-23-6-2-7-24-43)54-36-40-19-10-11-20-41(40)37-55(54)59(44-25-8-3-9-26-44)45-33-35-49-47-28-14-16-30-51(47)57(53(49)38-45)52-31-17-15-29-48(52)50-34-32-39-18-12-13-27-46(39)56(50)57/h1-38H. The van der Waals surface area contributed by atoms with Crippen molar-refractivity contribution in [3.8, 4) is 22.3 Å². The van der Waals surface area contributed by atoms with Crippen molar-refractivity contribution in [1.29, 1.82) is 0 Å². The molecule has 0 heterocycles. The molecule has 0 radical (unpaired) electrons. The molecule has 2 nitrogen and oxygen atoms in total. The average Bonchev–Trinajstić information content (AvgIpc) is 3.78. The number of fused-ring (bicyclic) bond motifs is 13. The third-order valence-corrected chi connectivity index (χ3v) is 12.6. The summed E-state index contributed by atoms with van der Waals surface area (Å²) in [5.41, 5.74) is 16.6. The number of hydrogen-bond acceptors (Lipinski definition) is 2. The number of anilines is 6. The first-order valence-corrected chi connectivity index (χ1v) is 20.4. The van der Waals surface area contributed by atoms with Crippen molar-refractivity contribution in [3.63, 3.8) is 0 Å². The van der Waals surface area contributed by atoms with Gasteiger partial charge >= 0.3 is 0 Å². The highest BCUT2D eigenvalue weighted by molar-refractivity contribution is 6.05. The van der Waals surface area contributed by atoms with Crippen LogP contribution in [0.4, 0.5) is 34.1 Å². The van der Waals surface area contributed by atoms with Crippen LogP contribution in [0, 0.1) is 0 Å². The van der Waals surface area contributed by atoms with Gasteiger partial charge in [0.25, 0.3) is 0 Å². The predicted molar refractivity (Wildman–Crippen MR) is 247 cm³/mol. The minimum absolute atomic E-state index is 0.511. The molecule has 0 saturated carbocycles. The van der Waals surface area contributed by atoms with Crippen LogP contribution in [0.1, 0.15) is 22.3 Å². The van der Waals surface area contributed by atoms with Gasteiger partial charge in [-0.05, 0) is 127 Å². The van der Waals surface area contributed by atoms with Gasteiger partial charge in [0.1, 0.15) is 0 Å². The number of hydrogen-bond donors (Lipinski definition) is 0. The zero-order valence-electron chi connectivity index (χ0n) is 32.3. The maximum absolute atomic E-state index is 2.50. The third kappa shape index (κ3) is 4.93. The first-order chi connectivity index (χ1) is 29.3. The van der Waals surface area contributed by atoms with Gasteiger partial charge in [-0.25, -0.2) is 0 Å². The largest absolute Gasteiger partial charge is 0.308 e. The fourth-order valence-corrected chi connectivity index (χ4v) is 10.2. The van der Waals surface area contributed by atoms with Crippen LogP contribution in [0.25, 0.3) is 43.8 Å². The number of benzene rings is 10. The van der Waals surface area contributed by atoms with Crippen LogP contribution >= 0.6 is 0 Å². The van der Waals surface area contributed by atoms with E-state index in [9.17, 15) is 0 Å². The zero-order valence-corrected chi connectivity index (χ0v) is 32.3. The second-order valence-corrected chi connectivity index (χ2v) is 15.6. The molecule has 1 spiro atoms. The molecule has 0 amide bonds. The Kier molecular flexibility index (Phi) is 7.48. The highest BCUT2D eigenvalue weighted by Crippen LogP contribution is 2.64. The normalized spacial score (nSPS) is 14.5. The van der Waals surface area contributed by atoms with Crippen molar-refractivity contribution in [2.75, 3.05) is 9.80 Å². The number of nitrogens with zero attached hydrogens (tertiary/aromatic N) is 2. The summed E-state index contributed by atoms with van der Waals surface area (Å²) in [5.74, 6) is 0. The summed E-state index contributed by atoms with van der Waals surface area (Å²) in [6.07, 6.45) is 0. The lowest BCUT2D eigenvalue weighted by molar-refractivity contribution is 0.801. The van der Waals surface area contributed by atoms with E-state index in [-0.39, 0.29) is 0 Å². The van der Waals surface area contributed by atoms with E-state index in [2.05, 4.69) is 240 Å². The van der Waals surface area contributed by atoms with Crippen LogP contribution in [0.2, 0.25) is 0 Å². The van der Waals surface area contributed by atoms with Gasteiger partial charge in [-0.3, -0.25) is 0 Å². The predicted octanol–water partition coefficient (Wildman–Crippen LogP) is 15.3. The van der Waals surface area contributed by atoms with Crippen LogP contribution in [0.15, 0.2) is 231 Å². The second kappa shape index (κ2) is 13.2. The average molecular weight is 751 g/mol. The fraction of sp³-hybridized carbons (Fsp3) is 0.0175. The summed E-state index contributed by atoms with van der Waals surface area (Å²) < 4.78 is 0. The van der Waals surface area contributed by atoms with Crippen molar-refractivity contribution in [2.45, 2.75) is 5.41 Å². The Morgan fingerprint density at radius 3 is 1.27 bits per heavy atom. The van der Waals surface area contributed by atoms with Gasteiger partial charge in [0.15, 0.2) is 0 Å². The molecule has 0 saturated heterocycles. The zero-order chi connectivity index (χ0) is 38.9. The minimum Gasteiger partial charge on any atom is -0.308 e. The molecule has 2 aliphatic carbocycles. The van der Waals surface area contributed by atoms with Crippen LogP contribution in [-0.4, -0.2) is 0 Å². The monoisotopic (exact) mass is 750 g/mol. The van der Waals surface area contributed by atoms with Crippen LogP contribution in [-0.2, 0) is 5.41 Å². The Bertz CT molecular complexity index is 3170. The van der Waals surface area contributed by atoms with Crippen molar-refractivity contribution in [3.05, 3.63) is 253 Å². The van der Waals surface area contributed by atoms with Crippen LogP contribution in [0.3, 0.4) is 0 Å². The first-order valence-electron chi connectivity index (χ1n) is 20.4. The Morgan fingerprint density at radius 2 is 0.695 bits per heavy atom. The summed E-state index contributed by atoms with van der Waals surface area (Å²) in [7, 11) is 0. The molecule has 1 unspecified atom stereocenters. The fourth-order valence-electron chi connectivity index (χ4n) is 10.2. The lowest BCUT2D eigenvalue weighted by Gasteiger charge is -2.35. The molecule has 0 N–H and O–H groups in total. The third-order valence-electron chi connectivity index (χ3n) is 12.6. The van der Waals surface area contributed by atoms with Gasteiger partial charge in [0.2, 0.25) is 0 Å². The van der Waals surface area contributed by atoms with Crippen LogP contribution < -0.4 is 9.80 Å². The molecule has 10 aromatic rings. The smallest absolute Gasteiger partial charge is 0.0732 e. The van der Waals surface area contributed by atoms with E-state index in [1.165, 1.54) is 66.1 Å². The molecule has 0 aromatic heterocycles. The van der Waals surface area contributed by atoms with E-state index in [1.54, 1.807) is 0 Å². The SMILES string of the molecule is c1ccc(N(c2ccccc2)c2cc3ccccc3cc2N(c2ccccc2)c2ccc3c(c2)C2(c4ccccc4-3)c3ccccc3-c3ccc4ccccc4c32)cc1. The molecule has 0 aliphatic heterocycles. The summed E-state index contributed by atoms with van der Waals surface area (Å²) in [4.78, 5) is 4.88. The second-order valence-electron chi connectivity index (χ2n) is 15.6. The topological polar surface area (TPSA) is 6.48 Å². The molecule has 0 bridgehead atoms. The summed E-state index contributed by atoms with van der Waals surface area (Å²) >= 11 is 0. The minimum atomic E-state index is -0.511. The summed E-state index contributed by atoms with van der Waals surface area (Å²) in [5, 5.41) is 4.93. The molecule has 12 rings (SSSR count). The maximum Gasteiger partial charge on any atom is 0.0732 e. The van der Waals surface area contributed by atoms with Gasteiger partial charge in [0.05, 0.1) is 16.8 Å². The molecule has 2 heteroatoms. The molecule has 0 fully saturated rings. The summed E-state index contributed by atoms with van der Waals surface area (Å²) in [6, 6.07) is 84.8. The Morgan fingerprint density at radius 1 is 0.271 bits per heavy atom. The lowest BCUT2D eigenvalue weighted by Crippen LogP contribution is -2.26. The maximum atomic E-state index is 2.50. The molecule has 276 valence electrons. The van der Waals surface area contributed by atoms with Crippen molar-refractivity contribution >= 4 is 55.7 Å². The van der Waals surface area contributed by atoms with E-state index in [0.717, 1.165) is 34.1 Å².